The van der Waals surface area contributed by atoms with Crippen LogP contribution in [-0.2, 0) is 23.9 Å². The van der Waals surface area contributed by atoms with Gasteiger partial charge in [0.05, 0.1) is 14.2 Å². The fourth-order valence-corrected chi connectivity index (χ4v) is 10.9. The average Bonchev–Trinajstić information content (AvgIpc) is 3.39. The summed E-state index contributed by atoms with van der Waals surface area (Å²) in [6.45, 7) is 4.82. The summed E-state index contributed by atoms with van der Waals surface area (Å²) in [6, 6.07) is 19.9. The Kier molecular flexibility index (Phi) is 19.3. The van der Waals surface area contributed by atoms with Crippen LogP contribution in [0.25, 0.3) is 12.2 Å². The smallest absolute Gasteiger partial charge is 0.323 e. The van der Waals surface area contributed by atoms with Crippen molar-refractivity contribution in [3.8, 4) is 5.75 Å². The van der Waals surface area contributed by atoms with Gasteiger partial charge in [-0.3, -0.25) is 29.0 Å². The minimum Gasteiger partial charge on any atom is -0.497 e. The number of carbonyl (C=O) groups is 4. The zero-order valence-corrected chi connectivity index (χ0v) is 41.8. The second-order valence-electron chi connectivity index (χ2n) is 19.2. The lowest BCUT2D eigenvalue weighted by Crippen LogP contribution is -2.52. The summed E-state index contributed by atoms with van der Waals surface area (Å²) in [5, 5.41) is 10.7. The van der Waals surface area contributed by atoms with Crippen LogP contribution in [0.15, 0.2) is 91.0 Å². The normalized spacial score (nSPS) is 18.8. The van der Waals surface area contributed by atoms with E-state index in [9.17, 15) is 46.2 Å². The van der Waals surface area contributed by atoms with Crippen molar-refractivity contribution >= 4 is 47.5 Å². The van der Waals surface area contributed by atoms with E-state index >= 15 is 0 Å². The number of carboxylic acid groups (broad SMARTS) is 1. The molecule has 11 nitrogen and oxygen atoms in total. The number of aliphatic carboxylic acids is 1. The van der Waals surface area contributed by atoms with Gasteiger partial charge in [0.25, 0.3) is 0 Å². The summed E-state index contributed by atoms with van der Waals surface area (Å²) in [5.74, 6) is -5.50. The van der Waals surface area contributed by atoms with E-state index in [0.29, 0.717) is 87.4 Å². The van der Waals surface area contributed by atoms with Crippen LogP contribution >= 0.6 is 11.6 Å². The number of hydrogen-bond donors (Lipinski definition) is 1. The maximum atomic E-state index is 13.4. The number of carbonyl (C=O) groups excluding carboxylic acids is 3. The van der Waals surface area contributed by atoms with E-state index in [2.05, 4.69) is 21.9 Å². The predicted octanol–water partition coefficient (Wildman–Crippen LogP) is 9.99. The van der Waals surface area contributed by atoms with Crippen molar-refractivity contribution in [3.05, 3.63) is 147 Å². The summed E-state index contributed by atoms with van der Waals surface area (Å²) in [7, 11) is 3.09. The molecule has 4 aliphatic heterocycles. The summed E-state index contributed by atoms with van der Waals surface area (Å²) < 4.78 is 77.1. The number of benzene rings is 4. The number of nitrogens with zero attached hydrogens (tertiary/aromatic N) is 4. The number of halogens is 6. The Balaban J connectivity index is 0.000000214. The summed E-state index contributed by atoms with van der Waals surface area (Å²) >= 11 is 5.99. The molecule has 390 valence electrons. The number of hydrogen-bond acceptors (Lipinski definition) is 8. The molecule has 0 bridgehead atoms. The highest BCUT2D eigenvalue weighted by molar-refractivity contribution is 6.30. The van der Waals surface area contributed by atoms with Crippen LogP contribution in [-0.4, -0.2) is 127 Å². The minimum absolute atomic E-state index is 0.0441. The molecule has 1 N–H and O–H groups in total. The van der Waals surface area contributed by atoms with Crippen molar-refractivity contribution in [2.75, 3.05) is 66.6 Å². The van der Waals surface area contributed by atoms with Gasteiger partial charge in [0.15, 0.2) is 17.5 Å². The summed E-state index contributed by atoms with van der Waals surface area (Å²) in [6.07, 6.45) is 11.3. The van der Waals surface area contributed by atoms with Crippen molar-refractivity contribution in [1.82, 2.24) is 19.6 Å². The maximum Gasteiger partial charge on any atom is 0.323 e. The molecule has 17 heteroatoms. The first-order valence-electron chi connectivity index (χ1n) is 24.8. The molecule has 2 amide bonds. The minimum atomic E-state index is -1.55. The van der Waals surface area contributed by atoms with Gasteiger partial charge in [-0.05, 0) is 184 Å². The van der Waals surface area contributed by atoms with Crippen LogP contribution in [0.4, 0.5) is 22.0 Å². The van der Waals surface area contributed by atoms with Crippen LogP contribution < -0.4 is 4.74 Å². The Hall–Kier alpha value is -6.10. The molecule has 4 saturated heterocycles. The highest BCUT2D eigenvalue weighted by atomic mass is 35.5. The van der Waals surface area contributed by atoms with Crippen LogP contribution in [0, 0.1) is 40.9 Å². The van der Waals surface area contributed by atoms with Gasteiger partial charge in [0.1, 0.15) is 29.5 Å². The van der Waals surface area contributed by atoms with Gasteiger partial charge in [0.2, 0.25) is 11.8 Å². The molecule has 0 aliphatic carbocycles. The third-order valence-electron chi connectivity index (χ3n) is 14.8. The zero-order valence-electron chi connectivity index (χ0n) is 41.0. The molecular weight excluding hydrogens is 971 g/mol. The van der Waals surface area contributed by atoms with Crippen molar-refractivity contribution in [2.24, 2.45) is 11.8 Å². The Morgan fingerprint density at radius 1 is 0.575 bits per heavy atom. The topological polar surface area (TPSA) is 120 Å². The van der Waals surface area contributed by atoms with Gasteiger partial charge < -0.3 is 24.4 Å². The number of ether oxygens (including phenoxy) is 2. The molecule has 0 spiro atoms. The molecule has 0 saturated carbocycles. The highest BCUT2D eigenvalue weighted by Gasteiger charge is 2.40. The monoisotopic (exact) mass is 1030 g/mol. The molecule has 4 heterocycles. The van der Waals surface area contributed by atoms with Crippen molar-refractivity contribution in [2.45, 2.75) is 75.3 Å². The molecule has 2 unspecified atom stereocenters. The molecule has 0 radical (unpaired) electrons. The highest BCUT2D eigenvalue weighted by Crippen LogP contribution is 2.35. The Morgan fingerprint density at radius 2 is 0.986 bits per heavy atom. The van der Waals surface area contributed by atoms with Crippen molar-refractivity contribution < 1.29 is 55.7 Å². The van der Waals surface area contributed by atoms with E-state index in [-0.39, 0.29) is 41.2 Å². The van der Waals surface area contributed by atoms with E-state index in [1.807, 2.05) is 36.4 Å². The van der Waals surface area contributed by atoms with Gasteiger partial charge >= 0.3 is 11.9 Å². The van der Waals surface area contributed by atoms with E-state index < -0.39 is 41.1 Å². The van der Waals surface area contributed by atoms with E-state index in [4.69, 9.17) is 21.1 Å². The molecular formula is C56H62ClF5N4O7. The van der Waals surface area contributed by atoms with Crippen LogP contribution in [0.1, 0.15) is 85.5 Å². The predicted molar refractivity (Wildman–Crippen MR) is 268 cm³/mol. The standard InChI is InChI=1S/C29H34F2N2O4.C27H28ClF3N2O3/c1-36-26-6-4-21(5-7-26)22-9-15-33(16-10-22)28(29(35)37-2)23-11-13-32(14-12-23)27(34)8-3-20-17-24(30)19-25(31)18-20;28-21-4-2-18(3-5-21)19-7-13-33(14-8-19)26(27(35)36)20-9-11-32(12-10-20)24(34)6-1-17-15-22(29)25(31)23(30)16-17/h3-8,17-19,22-23,28H,9-16H2,1-2H3;1-6,15-16,19-20,26H,7-14H2,(H,35,36)/b8-3+;6-1+. The number of amides is 2. The fraction of sp³-hybridized carbons (Fsp3) is 0.429. The number of likely N-dealkylation sites (tertiary alicyclic amines) is 4. The van der Waals surface area contributed by atoms with Gasteiger partial charge in [-0.2, -0.15) is 0 Å². The van der Waals surface area contributed by atoms with E-state index in [1.54, 1.807) is 16.9 Å². The zero-order chi connectivity index (χ0) is 52.2. The first kappa shape index (κ1) is 54.7. The molecule has 8 rings (SSSR count). The second-order valence-corrected chi connectivity index (χ2v) is 19.6. The first-order chi connectivity index (χ1) is 35.1. The third kappa shape index (κ3) is 14.6. The SMILES string of the molecule is COC(=O)C(C1CCN(C(=O)/C=C/c2cc(F)cc(F)c2)CC1)N1CCC(c2ccc(OC)cc2)CC1.O=C(O)C(C1CCN(C(=O)/C=C/c2cc(F)c(F)c(F)c2)CC1)N1CCC(c2ccc(Cl)cc2)CC1. The third-order valence-corrected chi connectivity index (χ3v) is 15.0. The molecule has 0 aromatic heterocycles. The lowest BCUT2D eigenvalue weighted by Gasteiger charge is -2.42. The maximum absolute atomic E-state index is 13.4. The Labute approximate surface area is 428 Å². The summed E-state index contributed by atoms with van der Waals surface area (Å²) in [5.41, 5.74) is 2.85. The second kappa shape index (κ2) is 25.7. The number of piperidine rings is 4. The quantitative estimate of drug-likeness (QED) is 0.0604. The molecule has 73 heavy (non-hydrogen) atoms. The largest absolute Gasteiger partial charge is 0.497 e. The fourth-order valence-electron chi connectivity index (χ4n) is 10.8. The lowest BCUT2D eigenvalue weighted by atomic mass is 9.84. The summed E-state index contributed by atoms with van der Waals surface area (Å²) in [4.78, 5) is 57.9. The van der Waals surface area contributed by atoms with E-state index in [1.165, 1.54) is 54.7 Å². The molecule has 4 aliphatic rings. The van der Waals surface area contributed by atoms with Crippen molar-refractivity contribution in [1.29, 1.82) is 0 Å². The van der Waals surface area contributed by atoms with Crippen LogP contribution in [0.2, 0.25) is 5.02 Å². The van der Waals surface area contributed by atoms with Crippen molar-refractivity contribution in [3.63, 3.8) is 0 Å². The first-order valence-corrected chi connectivity index (χ1v) is 25.2. The number of methoxy groups -OCH3 is 2. The Bertz CT molecular complexity index is 2550. The van der Waals surface area contributed by atoms with Crippen LogP contribution in [0.5, 0.6) is 5.75 Å². The molecule has 4 aromatic rings. The molecule has 2 atom stereocenters. The molecule has 4 fully saturated rings. The molecule has 4 aromatic carbocycles. The average molecular weight is 1030 g/mol. The van der Waals surface area contributed by atoms with Gasteiger partial charge in [0, 0.05) is 49.4 Å². The van der Waals surface area contributed by atoms with Gasteiger partial charge in [-0.15, -0.1) is 0 Å². The van der Waals surface area contributed by atoms with E-state index in [0.717, 1.165) is 62.7 Å². The van der Waals surface area contributed by atoms with Crippen LogP contribution in [0.3, 0.4) is 0 Å². The Morgan fingerprint density at radius 3 is 1.41 bits per heavy atom. The lowest BCUT2D eigenvalue weighted by molar-refractivity contribution is -0.151. The van der Waals surface area contributed by atoms with Gasteiger partial charge in [-0.1, -0.05) is 35.9 Å². The van der Waals surface area contributed by atoms with Gasteiger partial charge in [-0.25, -0.2) is 22.0 Å². The number of esters is 1. The number of carboxylic acids is 1. The number of rotatable bonds is 13.